The molecule has 0 N–H and O–H groups in total. The minimum absolute atomic E-state index is 0.267. The van der Waals surface area contributed by atoms with Crippen LogP contribution in [-0.4, -0.2) is 8.07 Å². The highest BCUT2D eigenvalue weighted by Crippen LogP contribution is 2.27. The van der Waals surface area contributed by atoms with Gasteiger partial charge in [-0.05, 0) is 6.42 Å². The van der Waals surface area contributed by atoms with Crippen LogP contribution in [0.15, 0.2) is 11.3 Å². The van der Waals surface area contributed by atoms with Crippen molar-refractivity contribution in [3.63, 3.8) is 0 Å². The van der Waals surface area contributed by atoms with Gasteiger partial charge in [-0.25, -0.2) is 8.78 Å². The normalized spacial score (nSPS) is 17.2. The standard InChI is InChI=1S/C9H18F2Si/c1-6-7(2)8(10)9(11)12(3,4)5/h7H,6H2,1-5H3/b9-8-. The fraction of sp³-hybridized carbons (Fsp3) is 0.778. The van der Waals surface area contributed by atoms with Crippen molar-refractivity contribution in [1.29, 1.82) is 0 Å². The molecule has 0 saturated carbocycles. The van der Waals surface area contributed by atoms with E-state index in [1.54, 1.807) is 6.92 Å². The summed E-state index contributed by atoms with van der Waals surface area (Å²) >= 11 is 0. The molecular formula is C9H18F2Si. The largest absolute Gasteiger partial charge is 0.215 e. The van der Waals surface area contributed by atoms with E-state index in [-0.39, 0.29) is 5.92 Å². The molecule has 0 saturated heterocycles. The zero-order chi connectivity index (χ0) is 9.94. The van der Waals surface area contributed by atoms with Gasteiger partial charge in [0.25, 0.3) is 0 Å². The maximum Gasteiger partial charge on any atom is 0.129 e. The minimum Gasteiger partial charge on any atom is -0.215 e. The van der Waals surface area contributed by atoms with Crippen molar-refractivity contribution in [3.8, 4) is 0 Å². The molecule has 0 aliphatic heterocycles. The van der Waals surface area contributed by atoms with Gasteiger partial charge in [-0.3, -0.25) is 0 Å². The average Bonchev–Trinajstić information content (AvgIpc) is 1.98. The third-order valence-electron chi connectivity index (χ3n) is 1.91. The molecule has 1 unspecified atom stereocenters. The van der Waals surface area contributed by atoms with Crippen LogP contribution in [0, 0.1) is 5.92 Å². The maximum atomic E-state index is 13.3. The van der Waals surface area contributed by atoms with Crippen molar-refractivity contribution in [2.75, 3.05) is 0 Å². The Kier molecular flexibility index (Phi) is 4.10. The van der Waals surface area contributed by atoms with Gasteiger partial charge in [0.1, 0.15) is 19.4 Å². The van der Waals surface area contributed by atoms with Gasteiger partial charge < -0.3 is 0 Å². The summed E-state index contributed by atoms with van der Waals surface area (Å²) < 4.78 is 26.5. The van der Waals surface area contributed by atoms with Gasteiger partial charge in [-0.1, -0.05) is 33.5 Å². The SMILES string of the molecule is CCC(C)/C(F)=C(\F)[Si](C)(C)C. The summed E-state index contributed by atoms with van der Waals surface area (Å²) in [4.78, 5) is 0. The number of hydrogen-bond donors (Lipinski definition) is 0. The van der Waals surface area contributed by atoms with Crippen molar-refractivity contribution in [2.24, 2.45) is 5.92 Å². The average molecular weight is 192 g/mol. The summed E-state index contributed by atoms with van der Waals surface area (Å²) in [6, 6.07) is 0. The van der Waals surface area contributed by atoms with E-state index in [2.05, 4.69) is 0 Å². The summed E-state index contributed by atoms with van der Waals surface area (Å²) in [5, 5.41) is 0. The van der Waals surface area contributed by atoms with E-state index < -0.39 is 19.4 Å². The Balaban J connectivity index is 4.69. The number of hydrogen-bond acceptors (Lipinski definition) is 0. The molecule has 3 heteroatoms. The predicted molar refractivity (Wildman–Crippen MR) is 52.0 cm³/mol. The topological polar surface area (TPSA) is 0 Å². The molecule has 0 aromatic rings. The number of rotatable bonds is 3. The first-order chi connectivity index (χ1) is 5.30. The second kappa shape index (κ2) is 4.17. The second-order valence-electron chi connectivity index (χ2n) is 4.22. The van der Waals surface area contributed by atoms with Gasteiger partial charge in [-0.15, -0.1) is 0 Å². The lowest BCUT2D eigenvalue weighted by atomic mass is 10.1. The van der Waals surface area contributed by atoms with Crippen LogP contribution in [0.5, 0.6) is 0 Å². The minimum atomic E-state index is -2.06. The van der Waals surface area contributed by atoms with Gasteiger partial charge in [0, 0.05) is 5.92 Å². The van der Waals surface area contributed by atoms with E-state index in [0.717, 1.165) is 0 Å². The first-order valence-corrected chi connectivity index (χ1v) is 7.86. The molecular weight excluding hydrogens is 174 g/mol. The Bertz CT molecular complexity index is 179. The van der Waals surface area contributed by atoms with Crippen LogP contribution in [0.25, 0.3) is 0 Å². The summed E-state index contributed by atoms with van der Waals surface area (Å²) in [6.07, 6.45) is 0.656. The van der Waals surface area contributed by atoms with Crippen LogP contribution >= 0.6 is 0 Å². The first kappa shape index (κ1) is 11.8. The summed E-state index contributed by atoms with van der Waals surface area (Å²) in [5.41, 5.74) is -0.475. The molecule has 0 fully saturated rings. The van der Waals surface area contributed by atoms with Crippen molar-refractivity contribution in [3.05, 3.63) is 11.3 Å². The molecule has 0 amide bonds. The van der Waals surface area contributed by atoms with Crippen molar-refractivity contribution < 1.29 is 8.78 Å². The molecule has 0 aliphatic carbocycles. The van der Waals surface area contributed by atoms with Gasteiger partial charge >= 0.3 is 0 Å². The molecule has 0 aromatic heterocycles. The van der Waals surface area contributed by atoms with E-state index in [1.165, 1.54) is 0 Å². The van der Waals surface area contributed by atoms with Crippen LogP contribution in [-0.2, 0) is 0 Å². The molecule has 72 valence electrons. The Hall–Kier alpha value is -0.183. The van der Waals surface area contributed by atoms with Crippen LogP contribution in [0.1, 0.15) is 20.3 Å². The van der Waals surface area contributed by atoms with E-state index in [9.17, 15) is 8.78 Å². The Morgan fingerprint density at radius 2 is 1.67 bits per heavy atom. The molecule has 0 spiro atoms. The van der Waals surface area contributed by atoms with Crippen molar-refractivity contribution >= 4 is 8.07 Å². The number of allylic oxidation sites excluding steroid dienone is 1. The van der Waals surface area contributed by atoms with Crippen molar-refractivity contribution in [1.82, 2.24) is 0 Å². The highest BCUT2D eigenvalue weighted by Gasteiger charge is 2.26. The quantitative estimate of drug-likeness (QED) is 0.591. The fourth-order valence-electron chi connectivity index (χ4n) is 0.754. The Morgan fingerprint density at radius 1 is 1.25 bits per heavy atom. The lowest BCUT2D eigenvalue weighted by Crippen LogP contribution is -2.23. The zero-order valence-electron chi connectivity index (χ0n) is 8.54. The molecule has 0 aromatic carbocycles. The van der Waals surface area contributed by atoms with E-state index in [1.807, 2.05) is 26.6 Å². The molecule has 0 aliphatic rings. The zero-order valence-corrected chi connectivity index (χ0v) is 9.54. The second-order valence-corrected chi connectivity index (χ2v) is 9.16. The molecule has 0 bridgehead atoms. The summed E-state index contributed by atoms with van der Waals surface area (Å²) in [5.74, 6) is -0.798. The Labute approximate surface area is 74.7 Å². The molecule has 12 heavy (non-hydrogen) atoms. The van der Waals surface area contributed by atoms with Gasteiger partial charge in [-0.2, -0.15) is 0 Å². The van der Waals surface area contributed by atoms with E-state index in [4.69, 9.17) is 0 Å². The van der Waals surface area contributed by atoms with E-state index in [0.29, 0.717) is 6.42 Å². The highest BCUT2D eigenvalue weighted by atomic mass is 28.3. The van der Waals surface area contributed by atoms with E-state index >= 15 is 0 Å². The fourth-order valence-corrected chi connectivity index (χ4v) is 1.72. The van der Waals surface area contributed by atoms with Gasteiger partial charge in [0.05, 0.1) is 0 Å². The number of halogens is 2. The van der Waals surface area contributed by atoms with Crippen LogP contribution in [0.2, 0.25) is 19.6 Å². The van der Waals surface area contributed by atoms with Crippen LogP contribution < -0.4 is 0 Å². The Morgan fingerprint density at radius 3 is 1.92 bits per heavy atom. The lowest BCUT2D eigenvalue weighted by Gasteiger charge is -2.16. The highest BCUT2D eigenvalue weighted by molar-refractivity contribution is 6.82. The molecule has 0 nitrogen and oxygen atoms in total. The lowest BCUT2D eigenvalue weighted by molar-refractivity contribution is 0.449. The van der Waals surface area contributed by atoms with Crippen LogP contribution in [0.3, 0.4) is 0 Å². The smallest absolute Gasteiger partial charge is 0.129 e. The maximum absolute atomic E-state index is 13.3. The van der Waals surface area contributed by atoms with Gasteiger partial charge in [0.15, 0.2) is 0 Å². The van der Waals surface area contributed by atoms with Gasteiger partial charge in [0.2, 0.25) is 0 Å². The van der Waals surface area contributed by atoms with Crippen molar-refractivity contribution in [2.45, 2.75) is 39.9 Å². The molecule has 1 atom stereocenters. The van der Waals surface area contributed by atoms with Crippen LogP contribution in [0.4, 0.5) is 8.78 Å². The summed E-state index contributed by atoms with van der Waals surface area (Å²) in [6.45, 7) is 9.01. The third kappa shape index (κ3) is 3.05. The molecule has 0 rings (SSSR count). The predicted octanol–water partition coefficient (Wildman–Crippen LogP) is 4.06. The molecule has 0 radical (unpaired) electrons. The monoisotopic (exact) mass is 192 g/mol. The molecule has 0 heterocycles. The third-order valence-corrected chi connectivity index (χ3v) is 3.47. The summed E-state index contributed by atoms with van der Waals surface area (Å²) in [7, 11) is -2.06. The first-order valence-electron chi connectivity index (χ1n) is 4.36.